The molecule has 0 aromatic carbocycles. The van der Waals surface area contributed by atoms with Crippen molar-refractivity contribution < 1.29 is 4.79 Å². The summed E-state index contributed by atoms with van der Waals surface area (Å²) in [5, 5.41) is 0. The number of rotatable bonds is 10. The highest BCUT2D eigenvalue weighted by Crippen LogP contribution is 2.35. The number of carbonyl (C=O) groups is 1. The molecule has 0 aliphatic heterocycles. The zero-order valence-electron chi connectivity index (χ0n) is 12.4. The molecule has 0 heterocycles. The van der Waals surface area contributed by atoms with Gasteiger partial charge in [0.25, 0.3) is 0 Å². The van der Waals surface area contributed by atoms with Crippen molar-refractivity contribution in [2.45, 2.75) is 71.1 Å². The van der Waals surface area contributed by atoms with Gasteiger partial charge in [-0.25, -0.2) is 0 Å². The number of unbranched alkanes of at least 4 members (excludes halogenated alkanes) is 4. The molecule has 0 aromatic heterocycles. The molecule has 1 saturated carbocycles. The van der Waals surface area contributed by atoms with Crippen molar-refractivity contribution in [2.24, 2.45) is 11.8 Å². The smallest absolute Gasteiger partial charge is 0.136 e. The van der Waals surface area contributed by atoms with Crippen molar-refractivity contribution in [1.29, 1.82) is 0 Å². The van der Waals surface area contributed by atoms with Gasteiger partial charge in [-0.3, -0.25) is 4.79 Å². The van der Waals surface area contributed by atoms with Crippen LogP contribution in [0, 0.1) is 11.8 Å². The Morgan fingerprint density at radius 3 is 2.63 bits per heavy atom. The molecule has 2 atom stereocenters. The lowest BCUT2D eigenvalue weighted by Gasteiger charge is -2.16. The number of hydrogen-bond acceptors (Lipinski definition) is 1. The van der Waals surface area contributed by atoms with E-state index in [9.17, 15) is 4.79 Å². The van der Waals surface area contributed by atoms with E-state index in [1.165, 1.54) is 32.1 Å². The summed E-state index contributed by atoms with van der Waals surface area (Å²) in [6, 6.07) is 0. The summed E-state index contributed by atoms with van der Waals surface area (Å²) in [5.74, 6) is 2.28. The third-order valence-corrected chi connectivity index (χ3v) is 4.51. The molecule has 0 bridgehead atoms. The van der Waals surface area contributed by atoms with Gasteiger partial charge in [0.05, 0.1) is 0 Å². The van der Waals surface area contributed by atoms with Crippen LogP contribution < -0.4 is 0 Å². The predicted molar refractivity (Wildman–Crippen MR) is 83.7 cm³/mol. The van der Waals surface area contributed by atoms with Crippen LogP contribution >= 0.6 is 11.6 Å². The van der Waals surface area contributed by atoms with Crippen LogP contribution in [0.15, 0.2) is 12.2 Å². The molecule has 0 radical (unpaired) electrons. The number of carbonyl (C=O) groups excluding carboxylic acids is 1. The molecule has 0 aromatic rings. The quantitative estimate of drug-likeness (QED) is 0.293. The van der Waals surface area contributed by atoms with Crippen molar-refractivity contribution in [1.82, 2.24) is 0 Å². The van der Waals surface area contributed by atoms with Crippen LogP contribution in [0.25, 0.3) is 0 Å². The van der Waals surface area contributed by atoms with Crippen LogP contribution in [0.1, 0.15) is 71.1 Å². The second kappa shape index (κ2) is 10.5. The average molecular weight is 285 g/mol. The highest BCUT2D eigenvalue weighted by atomic mass is 35.5. The number of halogens is 1. The largest absolute Gasteiger partial charge is 0.299 e. The van der Waals surface area contributed by atoms with Gasteiger partial charge in [-0.15, -0.1) is 11.6 Å². The van der Waals surface area contributed by atoms with Crippen molar-refractivity contribution >= 4 is 17.4 Å². The molecule has 0 amide bonds. The SMILES string of the molecule is CC/C=C\C[C@H]1C(=O)CC[C@@H]1CCCCCCCCl. The first-order valence-electron chi connectivity index (χ1n) is 8.03. The topological polar surface area (TPSA) is 17.1 Å². The maximum Gasteiger partial charge on any atom is 0.136 e. The lowest BCUT2D eigenvalue weighted by Crippen LogP contribution is -2.14. The van der Waals surface area contributed by atoms with E-state index in [2.05, 4.69) is 19.1 Å². The minimum atomic E-state index is 0.325. The van der Waals surface area contributed by atoms with Crippen molar-refractivity contribution in [3.05, 3.63) is 12.2 Å². The lowest BCUT2D eigenvalue weighted by molar-refractivity contribution is -0.121. The van der Waals surface area contributed by atoms with Gasteiger partial charge in [-0.1, -0.05) is 44.8 Å². The summed E-state index contributed by atoms with van der Waals surface area (Å²) in [4.78, 5) is 11.9. The molecule has 1 fully saturated rings. The second-order valence-electron chi connectivity index (χ2n) is 5.73. The number of alkyl halides is 1. The van der Waals surface area contributed by atoms with Crippen LogP contribution in [0.4, 0.5) is 0 Å². The summed E-state index contributed by atoms with van der Waals surface area (Å²) in [6.07, 6.45) is 15.9. The standard InChI is InChI=1S/C17H29ClO/c1-2-3-7-11-16-15(12-13-17(16)19)10-8-5-4-6-9-14-18/h3,7,15-16H,2,4-6,8-14H2,1H3/b7-3-/t15-,16+/m0/s1. The Hall–Kier alpha value is -0.300. The number of Topliss-reactive ketones (excluding diaryl/α,β-unsaturated/α-hetero) is 1. The van der Waals surface area contributed by atoms with Gasteiger partial charge in [-0.05, 0) is 38.0 Å². The predicted octanol–water partition coefficient (Wildman–Crippen LogP) is 5.52. The fourth-order valence-electron chi connectivity index (χ4n) is 3.09. The van der Waals surface area contributed by atoms with Crippen molar-refractivity contribution in [2.75, 3.05) is 5.88 Å². The fraction of sp³-hybridized carbons (Fsp3) is 0.824. The van der Waals surface area contributed by atoms with Crippen LogP contribution in [-0.2, 0) is 4.79 Å². The Morgan fingerprint density at radius 2 is 1.89 bits per heavy atom. The molecule has 1 aliphatic rings. The molecule has 0 unspecified atom stereocenters. The molecular formula is C17H29ClO. The summed E-state index contributed by atoms with van der Waals surface area (Å²) in [5.41, 5.74) is 0. The molecular weight excluding hydrogens is 256 g/mol. The minimum absolute atomic E-state index is 0.325. The summed E-state index contributed by atoms with van der Waals surface area (Å²) in [6.45, 7) is 2.14. The van der Waals surface area contributed by atoms with E-state index in [4.69, 9.17) is 11.6 Å². The van der Waals surface area contributed by atoms with E-state index in [1.54, 1.807) is 0 Å². The zero-order valence-corrected chi connectivity index (χ0v) is 13.1. The molecule has 2 heteroatoms. The van der Waals surface area contributed by atoms with Gasteiger partial charge in [-0.2, -0.15) is 0 Å². The van der Waals surface area contributed by atoms with Crippen LogP contribution in [0.3, 0.4) is 0 Å². The van der Waals surface area contributed by atoms with Gasteiger partial charge < -0.3 is 0 Å². The van der Waals surface area contributed by atoms with Gasteiger partial charge >= 0.3 is 0 Å². The second-order valence-corrected chi connectivity index (χ2v) is 6.11. The fourth-order valence-corrected chi connectivity index (χ4v) is 3.28. The average Bonchev–Trinajstić information content (AvgIpc) is 2.76. The highest BCUT2D eigenvalue weighted by Gasteiger charge is 2.32. The van der Waals surface area contributed by atoms with E-state index in [0.29, 0.717) is 17.6 Å². The third kappa shape index (κ3) is 6.61. The van der Waals surface area contributed by atoms with Crippen LogP contribution in [0.5, 0.6) is 0 Å². The Labute approximate surface area is 123 Å². The van der Waals surface area contributed by atoms with Gasteiger partial charge in [0.15, 0.2) is 0 Å². The number of allylic oxidation sites excluding steroid dienone is 2. The van der Waals surface area contributed by atoms with Crippen molar-refractivity contribution in [3.63, 3.8) is 0 Å². The molecule has 0 N–H and O–H groups in total. The Morgan fingerprint density at radius 1 is 1.16 bits per heavy atom. The Bertz CT molecular complexity index is 272. The molecule has 110 valence electrons. The maximum atomic E-state index is 11.9. The highest BCUT2D eigenvalue weighted by molar-refractivity contribution is 6.17. The van der Waals surface area contributed by atoms with Gasteiger partial charge in [0.1, 0.15) is 5.78 Å². The van der Waals surface area contributed by atoms with E-state index in [-0.39, 0.29) is 0 Å². The Kier molecular flexibility index (Phi) is 9.24. The van der Waals surface area contributed by atoms with Crippen LogP contribution in [-0.4, -0.2) is 11.7 Å². The summed E-state index contributed by atoms with van der Waals surface area (Å²) < 4.78 is 0. The van der Waals surface area contributed by atoms with Crippen LogP contribution in [0.2, 0.25) is 0 Å². The summed E-state index contributed by atoms with van der Waals surface area (Å²) in [7, 11) is 0. The van der Waals surface area contributed by atoms with E-state index in [0.717, 1.165) is 38.0 Å². The van der Waals surface area contributed by atoms with Gasteiger partial charge in [0.2, 0.25) is 0 Å². The van der Waals surface area contributed by atoms with Gasteiger partial charge in [0, 0.05) is 18.2 Å². The van der Waals surface area contributed by atoms with Crippen molar-refractivity contribution in [3.8, 4) is 0 Å². The lowest BCUT2D eigenvalue weighted by atomic mass is 9.87. The zero-order chi connectivity index (χ0) is 13.9. The normalized spacial score (nSPS) is 23.6. The molecule has 1 nitrogen and oxygen atoms in total. The summed E-state index contributed by atoms with van der Waals surface area (Å²) >= 11 is 5.67. The Balaban J connectivity index is 2.19. The molecule has 19 heavy (non-hydrogen) atoms. The first-order chi connectivity index (χ1) is 9.29. The monoisotopic (exact) mass is 284 g/mol. The third-order valence-electron chi connectivity index (χ3n) is 4.25. The maximum absolute atomic E-state index is 11.9. The molecule has 1 aliphatic carbocycles. The minimum Gasteiger partial charge on any atom is -0.299 e. The van der Waals surface area contributed by atoms with E-state index >= 15 is 0 Å². The first kappa shape index (κ1) is 16.8. The first-order valence-corrected chi connectivity index (χ1v) is 8.56. The van der Waals surface area contributed by atoms with E-state index < -0.39 is 0 Å². The number of hydrogen-bond donors (Lipinski definition) is 0. The molecule has 0 saturated heterocycles. The van der Waals surface area contributed by atoms with E-state index in [1.807, 2.05) is 0 Å². The molecule has 0 spiro atoms. The molecule has 1 rings (SSSR count). The number of ketones is 1.